The molecule has 0 unspecified atom stereocenters. The fourth-order valence-corrected chi connectivity index (χ4v) is 1.71. The largest absolute Gasteiger partial charge is 0.365 e. The van der Waals surface area contributed by atoms with E-state index in [-0.39, 0.29) is 0 Å². The highest BCUT2D eigenvalue weighted by molar-refractivity contribution is 5.16. The van der Waals surface area contributed by atoms with E-state index in [4.69, 9.17) is 4.74 Å². The van der Waals surface area contributed by atoms with E-state index in [9.17, 15) is 0 Å². The van der Waals surface area contributed by atoms with Crippen molar-refractivity contribution in [1.29, 1.82) is 0 Å². The summed E-state index contributed by atoms with van der Waals surface area (Å²) in [5, 5.41) is 0. The van der Waals surface area contributed by atoms with Gasteiger partial charge in [-0.15, -0.1) is 5.92 Å². The lowest BCUT2D eigenvalue weighted by molar-refractivity contribution is 0.199. The summed E-state index contributed by atoms with van der Waals surface area (Å²) < 4.78 is 5.40. The second-order valence-corrected chi connectivity index (χ2v) is 4.62. The van der Waals surface area contributed by atoms with Gasteiger partial charge in [0, 0.05) is 6.42 Å². The predicted octanol–water partition coefficient (Wildman–Crippen LogP) is 3.61. The molecule has 0 amide bonds. The van der Waals surface area contributed by atoms with E-state index in [1.54, 1.807) is 0 Å². The van der Waals surface area contributed by atoms with Gasteiger partial charge in [-0.25, -0.2) is 0 Å². The molecule has 0 saturated heterocycles. The molecule has 0 N–H and O–H groups in total. The summed E-state index contributed by atoms with van der Waals surface area (Å²) >= 11 is 0. The zero-order valence-electron chi connectivity index (χ0n) is 10.8. The first kappa shape index (κ1) is 12.9. The summed E-state index contributed by atoms with van der Waals surface area (Å²) in [6, 6.07) is 10.5. The van der Waals surface area contributed by atoms with E-state index >= 15 is 0 Å². The van der Waals surface area contributed by atoms with E-state index in [2.05, 4.69) is 48.3 Å². The highest BCUT2D eigenvalue weighted by atomic mass is 16.5. The average Bonchev–Trinajstić information content (AvgIpc) is 3.22. The molecule has 0 aromatic heterocycles. The van der Waals surface area contributed by atoms with Gasteiger partial charge in [0.05, 0.1) is 6.61 Å². The molecular weight excluding hydrogens is 220 g/mol. The maximum Gasteiger partial charge on any atom is 0.108 e. The Morgan fingerprint density at radius 2 is 2.00 bits per heavy atom. The van der Waals surface area contributed by atoms with Crippen molar-refractivity contribution in [3.8, 4) is 11.8 Å². The van der Waals surface area contributed by atoms with E-state index in [1.807, 2.05) is 6.07 Å². The van der Waals surface area contributed by atoms with Gasteiger partial charge in [-0.1, -0.05) is 48.4 Å². The Morgan fingerprint density at radius 1 is 1.17 bits per heavy atom. The van der Waals surface area contributed by atoms with Crippen molar-refractivity contribution in [2.24, 2.45) is 5.92 Å². The third-order valence-electron chi connectivity index (χ3n) is 2.93. The molecule has 0 radical (unpaired) electrons. The molecule has 94 valence electrons. The molecule has 1 fully saturated rings. The number of benzene rings is 1. The number of allylic oxidation sites excluding steroid dienone is 1. The molecule has 1 aromatic carbocycles. The van der Waals surface area contributed by atoms with Crippen LogP contribution in [0.15, 0.2) is 42.5 Å². The van der Waals surface area contributed by atoms with Crippen LogP contribution in [0.5, 0.6) is 0 Å². The molecule has 1 aliphatic rings. The predicted molar refractivity (Wildman–Crippen MR) is 75.2 cm³/mol. The van der Waals surface area contributed by atoms with Crippen LogP contribution in [-0.2, 0) is 11.2 Å². The van der Waals surface area contributed by atoms with Crippen molar-refractivity contribution < 1.29 is 4.74 Å². The van der Waals surface area contributed by atoms with Gasteiger partial charge in [0.25, 0.3) is 0 Å². The van der Waals surface area contributed by atoms with Crippen LogP contribution in [0.1, 0.15) is 24.8 Å². The van der Waals surface area contributed by atoms with Crippen molar-refractivity contribution in [1.82, 2.24) is 0 Å². The minimum absolute atomic E-state index is 0.545. The summed E-state index contributed by atoms with van der Waals surface area (Å²) in [6.07, 6.45) is 9.01. The molecule has 0 atom stereocenters. The summed E-state index contributed by atoms with van der Waals surface area (Å²) in [4.78, 5) is 0. The van der Waals surface area contributed by atoms with E-state index in [0.29, 0.717) is 13.2 Å². The van der Waals surface area contributed by atoms with Gasteiger partial charge in [-0.2, -0.15) is 0 Å². The summed E-state index contributed by atoms with van der Waals surface area (Å²) in [6.45, 7) is 1.24. The molecule has 1 aliphatic carbocycles. The van der Waals surface area contributed by atoms with Gasteiger partial charge < -0.3 is 4.74 Å². The topological polar surface area (TPSA) is 9.23 Å². The zero-order chi connectivity index (χ0) is 12.5. The monoisotopic (exact) mass is 240 g/mol. The standard InChI is InChI=1S/C17H20O/c1-3-8-16(9-4-1)10-5-2-6-14-18-15-7-11-17-12-13-17/h1,3-4,7-9,11,17H,5,10,12-15H2/b11-7+. The van der Waals surface area contributed by atoms with Crippen molar-refractivity contribution in [2.45, 2.75) is 25.7 Å². The van der Waals surface area contributed by atoms with E-state index < -0.39 is 0 Å². The minimum atomic E-state index is 0.545. The molecule has 1 saturated carbocycles. The van der Waals surface area contributed by atoms with Crippen molar-refractivity contribution in [3.63, 3.8) is 0 Å². The minimum Gasteiger partial charge on any atom is -0.365 e. The fraction of sp³-hybridized carbons (Fsp3) is 0.412. The molecule has 18 heavy (non-hydrogen) atoms. The maximum absolute atomic E-state index is 5.40. The zero-order valence-corrected chi connectivity index (χ0v) is 10.8. The lowest BCUT2D eigenvalue weighted by Gasteiger charge is -1.95. The van der Waals surface area contributed by atoms with Crippen LogP contribution < -0.4 is 0 Å². The molecular formula is C17H20O. The lowest BCUT2D eigenvalue weighted by Crippen LogP contribution is -1.91. The van der Waals surface area contributed by atoms with Gasteiger partial charge in [0.15, 0.2) is 0 Å². The molecule has 0 bridgehead atoms. The Morgan fingerprint density at radius 3 is 2.78 bits per heavy atom. The quantitative estimate of drug-likeness (QED) is 0.419. The Labute approximate surface area is 110 Å². The normalized spacial score (nSPS) is 14.4. The number of ether oxygens (including phenoxy) is 1. The fourth-order valence-electron chi connectivity index (χ4n) is 1.71. The van der Waals surface area contributed by atoms with Crippen molar-refractivity contribution in [3.05, 3.63) is 48.0 Å². The van der Waals surface area contributed by atoms with Crippen LogP contribution >= 0.6 is 0 Å². The molecule has 0 spiro atoms. The van der Waals surface area contributed by atoms with E-state index in [0.717, 1.165) is 18.8 Å². The SMILES string of the molecule is C(#CCOC/C=C/C1CC1)CCc1ccccc1. The molecule has 1 heteroatoms. The third-order valence-corrected chi connectivity index (χ3v) is 2.93. The maximum atomic E-state index is 5.40. The van der Waals surface area contributed by atoms with Gasteiger partial charge in [0.1, 0.15) is 6.61 Å². The summed E-state index contributed by atoms with van der Waals surface area (Å²) in [5.74, 6) is 7.04. The first-order valence-corrected chi connectivity index (χ1v) is 6.69. The smallest absolute Gasteiger partial charge is 0.108 e. The highest BCUT2D eigenvalue weighted by Gasteiger charge is 2.16. The summed E-state index contributed by atoms with van der Waals surface area (Å²) in [5.41, 5.74) is 1.35. The average molecular weight is 240 g/mol. The van der Waals surface area contributed by atoms with Crippen LogP contribution in [-0.4, -0.2) is 13.2 Å². The first-order chi connectivity index (χ1) is 8.95. The molecule has 1 aromatic rings. The Bertz CT molecular complexity index is 418. The Kier molecular flexibility index (Phi) is 5.56. The lowest BCUT2D eigenvalue weighted by atomic mass is 10.1. The number of rotatable bonds is 6. The number of hydrogen-bond acceptors (Lipinski definition) is 1. The molecule has 0 aliphatic heterocycles. The number of hydrogen-bond donors (Lipinski definition) is 0. The molecule has 1 nitrogen and oxygen atoms in total. The Balaban J connectivity index is 1.50. The van der Waals surface area contributed by atoms with Gasteiger partial charge >= 0.3 is 0 Å². The third kappa shape index (κ3) is 5.70. The van der Waals surface area contributed by atoms with Crippen LogP contribution in [0, 0.1) is 17.8 Å². The van der Waals surface area contributed by atoms with Gasteiger partial charge in [-0.3, -0.25) is 0 Å². The highest BCUT2D eigenvalue weighted by Crippen LogP contribution is 2.29. The van der Waals surface area contributed by atoms with Crippen LogP contribution in [0.2, 0.25) is 0 Å². The van der Waals surface area contributed by atoms with E-state index in [1.165, 1.54) is 18.4 Å². The second-order valence-electron chi connectivity index (χ2n) is 4.62. The van der Waals surface area contributed by atoms with Crippen molar-refractivity contribution in [2.75, 3.05) is 13.2 Å². The number of aryl methyl sites for hydroxylation is 1. The van der Waals surface area contributed by atoms with Crippen LogP contribution in [0.4, 0.5) is 0 Å². The van der Waals surface area contributed by atoms with Crippen molar-refractivity contribution >= 4 is 0 Å². The van der Waals surface area contributed by atoms with Crippen LogP contribution in [0.3, 0.4) is 0 Å². The molecule has 0 heterocycles. The van der Waals surface area contributed by atoms with Gasteiger partial charge in [0.2, 0.25) is 0 Å². The molecule has 2 rings (SSSR count). The Hall–Kier alpha value is -1.52. The van der Waals surface area contributed by atoms with Gasteiger partial charge in [-0.05, 0) is 30.7 Å². The van der Waals surface area contributed by atoms with Crippen LogP contribution in [0.25, 0.3) is 0 Å². The first-order valence-electron chi connectivity index (χ1n) is 6.69. The second kappa shape index (κ2) is 7.74. The summed E-state index contributed by atoms with van der Waals surface area (Å²) in [7, 11) is 0.